The molecule has 3 N–H and O–H groups in total. The van der Waals surface area contributed by atoms with Crippen LogP contribution in [0.2, 0.25) is 0 Å². The maximum Gasteiger partial charge on any atom is 0.193 e. The molecular weight excluding hydrogens is 389 g/mol. The van der Waals surface area contributed by atoms with Crippen LogP contribution in [-0.2, 0) is 6.42 Å². The fourth-order valence-electron chi connectivity index (χ4n) is 2.03. The summed E-state index contributed by atoms with van der Waals surface area (Å²) in [5.74, 6) is 1.34. The van der Waals surface area contributed by atoms with Crippen molar-refractivity contribution in [1.29, 1.82) is 0 Å². The molecule has 0 amide bonds. The average molecular weight is 411 g/mol. The molecular formula is C17H22IN3O. The highest BCUT2D eigenvalue weighted by Gasteiger charge is 2.00. The number of aryl methyl sites for hydroxylation is 1. The van der Waals surface area contributed by atoms with Crippen molar-refractivity contribution in [3.05, 3.63) is 59.7 Å². The monoisotopic (exact) mass is 411 g/mol. The predicted octanol–water partition coefficient (Wildman–Crippen LogP) is 3.59. The summed E-state index contributed by atoms with van der Waals surface area (Å²) in [4.78, 5) is 4.34. The number of para-hydroxylation sites is 1. The Hall–Kier alpha value is -1.76. The fraction of sp³-hybridized carbons (Fsp3) is 0.235. The number of nitrogens with two attached hydrogens (primary N) is 1. The lowest BCUT2D eigenvalue weighted by atomic mass is 10.1. The van der Waals surface area contributed by atoms with Crippen molar-refractivity contribution in [2.24, 2.45) is 10.7 Å². The van der Waals surface area contributed by atoms with Crippen LogP contribution in [0.3, 0.4) is 0 Å². The Bertz CT molecular complexity index is 615. The van der Waals surface area contributed by atoms with Crippen molar-refractivity contribution in [3.8, 4) is 5.75 Å². The normalized spacial score (nSPS) is 10.7. The van der Waals surface area contributed by atoms with Crippen LogP contribution in [-0.4, -0.2) is 19.6 Å². The molecule has 2 aromatic carbocycles. The van der Waals surface area contributed by atoms with Gasteiger partial charge >= 0.3 is 0 Å². The van der Waals surface area contributed by atoms with Crippen LogP contribution in [0, 0.1) is 6.92 Å². The number of benzene rings is 2. The summed E-state index contributed by atoms with van der Waals surface area (Å²) in [5.41, 5.74) is 9.13. The Kier molecular flexibility index (Phi) is 7.73. The summed E-state index contributed by atoms with van der Waals surface area (Å²) < 4.78 is 5.32. The molecule has 0 atom stereocenters. The van der Waals surface area contributed by atoms with Crippen molar-refractivity contribution in [1.82, 2.24) is 0 Å². The zero-order chi connectivity index (χ0) is 15.1. The highest BCUT2D eigenvalue weighted by Crippen LogP contribution is 2.19. The number of halogens is 1. The molecule has 0 heterocycles. The molecule has 0 aliphatic carbocycles. The van der Waals surface area contributed by atoms with Gasteiger partial charge in [0.15, 0.2) is 5.96 Å². The van der Waals surface area contributed by atoms with Crippen LogP contribution in [0.15, 0.2) is 53.5 Å². The Labute approximate surface area is 148 Å². The number of hydrogen-bond acceptors (Lipinski definition) is 2. The maximum atomic E-state index is 5.86. The lowest BCUT2D eigenvalue weighted by molar-refractivity contribution is 0.411. The molecule has 5 heteroatoms. The van der Waals surface area contributed by atoms with Crippen LogP contribution in [0.4, 0.5) is 5.69 Å². The van der Waals surface area contributed by atoms with E-state index >= 15 is 0 Å². The lowest BCUT2D eigenvalue weighted by Crippen LogP contribution is -2.23. The minimum atomic E-state index is 0. The van der Waals surface area contributed by atoms with E-state index in [1.165, 1.54) is 5.56 Å². The number of rotatable bonds is 5. The number of hydrogen-bond donors (Lipinski definition) is 2. The summed E-state index contributed by atoms with van der Waals surface area (Å²) in [7, 11) is 1.69. The minimum Gasteiger partial charge on any atom is -0.496 e. The third kappa shape index (κ3) is 5.55. The van der Waals surface area contributed by atoms with E-state index in [4.69, 9.17) is 10.5 Å². The molecule has 0 aliphatic heterocycles. The summed E-state index contributed by atoms with van der Waals surface area (Å²) in [6, 6.07) is 16.0. The van der Waals surface area contributed by atoms with Gasteiger partial charge in [-0.25, -0.2) is 0 Å². The maximum absolute atomic E-state index is 5.86. The van der Waals surface area contributed by atoms with Gasteiger partial charge in [0.05, 0.1) is 7.11 Å². The fourth-order valence-corrected chi connectivity index (χ4v) is 2.03. The number of guanidine groups is 1. The van der Waals surface area contributed by atoms with E-state index in [9.17, 15) is 0 Å². The number of nitrogens with zero attached hydrogens (tertiary/aromatic N) is 1. The van der Waals surface area contributed by atoms with Crippen molar-refractivity contribution >= 4 is 35.6 Å². The number of methoxy groups -OCH3 is 1. The first-order valence-corrected chi connectivity index (χ1v) is 6.94. The standard InChI is InChI=1S/C17H21N3O.HI/c1-13-8-9-14(12-16(13)21-2)10-11-19-17(18)20-15-6-4-3-5-7-15;/h3-9,12H,10-11H2,1-2H3,(H3,18,19,20);1H. The summed E-state index contributed by atoms with van der Waals surface area (Å²) in [5, 5.41) is 3.06. The molecule has 0 aliphatic rings. The van der Waals surface area contributed by atoms with E-state index in [2.05, 4.69) is 22.4 Å². The van der Waals surface area contributed by atoms with Crippen molar-refractivity contribution < 1.29 is 4.74 Å². The lowest BCUT2D eigenvalue weighted by Gasteiger charge is -2.07. The second-order valence-corrected chi connectivity index (χ2v) is 4.81. The second-order valence-electron chi connectivity index (χ2n) is 4.81. The van der Waals surface area contributed by atoms with Gasteiger partial charge in [-0.2, -0.15) is 0 Å². The Morgan fingerprint density at radius 2 is 1.91 bits per heavy atom. The molecule has 0 unspecified atom stereocenters. The highest BCUT2D eigenvalue weighted by atomic mass is 127. The predicted molar refractivity (Wildman–Crippen MR) is 103 cm³/mol. The van der Waals surface area contributed by atoms with E-state index in [1.54, 1.807) is 7.11 Å². The zero-order valence-corrected chi connectivity index (χ0v) is 15.2. The van der Waals surface area contributed by atoms with Crippen molar-refractivity contribution in [3.63, 3.8) is 0 Å². The largest absolute Gasteiger partial charge is 0.496 e. The molecule has 0 aromatic heterocycles. The highest BCUT2D eigenvalue weighted by molar-refractivity contribution is 14.0. The SMILES string of the molecule is COc1cc(CCN=C(N)Nc2ccccc2)ccc1C.I. The van der Waals surface area contributed by atoms with E-state index < -0.39 is 0 Å². The van der Waals surface area contributed by atoms with Gasteiger partial charge in [-0.15, -0.1) is 24.0 Å². The number of aliphatic imine (C=N–C) groups is 1. The van der Waals surface area contributed by atoms with E-state index in [1.807, 2.05) is 43.3 Å². The van der Waals surface area contributed by atoms with Crippen LogP contribution in [0.1, 0.15) is 11.1 Å². The first-order valence-electron chi connectivity index (χ1n) is 6.94. The van der Waals surface area contributed by atoms with Gasteiger partial charge in [0.2, 0.25) is 0 Å². The van der Waals surface area contributed by atoms with Crippen molar-refractivity contribution in [2.75, 3.05) is 19.0 Å². The van der Waals surface area contributed by atoms with Gasteiger partial charge in [-0.1, -0.05) is 30.3 Å². The molecule has 2 rings (SSSR count). The van der Waals surface area contributed by atoms with E-state index in [0.29, 0.717) is 12.5 Å². The number of anilines is 1. The first kappa shape index (κ1) is 18.3. The van der Waals surface area contributed by atoms with Crippen LogP contribution >= 0.6 is 24.0 Å². The summed E-state index contributed by atoms with van der Waals surface area (Å²) in [6.07, 6.45) is 0.827. The van der Waals surface area contributed by atoms with Crippen LogP contribution in [0.5, 0.6) is 5.75 Å². The van der Waals surface area contributed by atoms with Gasteiger partial charge in [-0.3, -0.25) is 4.99 Å². The molecule has 0 fully saturated rings. The summed E-state index contributed by atoms with van der Waals surface area (Å²) >= 11 is 0. The van der Waals surface area contributed by atoms with Gasteiger partial charge in [0.1, 0.15) is 5.75 Å². The molecule has 0 saturated carbocycles. The second kappa shape index (κ2) is 9.30. The third-order valence-electron chi connectivity index (χ3n) is 3.20. The minimum absolute atomic E-state index is 0. The van der Waals surface area contributed by atoms with Gasteiger partial charge in [0, 0.05) is 12.2 Å². The van der Waals surface area contributed by atoms with Gasteiger partial charge < -0.3 is 15.8 Å². The summed E-state index contributed by atoms with van der Waals surface area (Å²) in [6.45, 7) is 2.67. The Morgan fingerprint density at radius 1 is 1.18 bits per heavy atom. The van der Waals surface area contributed by atoms with Gasteiger partial charge in [-0.05, 0) is 42.7 Å². The molecule has 0 bridgehead atoms. The number of ether oxygens (including phenoxy) is 1. The number of nitrogens with one attached hydrogen (secondary N) is 1. The molecule has 22 heavy (non-hydrogen) atoms. The van der Waals surface area contributed by atoms with Gasteiger partial charge in [0.25, 0.3) is 0 Å². The molecule has 118 valence electrons. The molecule has 2 aromatic rings. The van der Waals surface area contributed by atoms with Crippen molar-refractivity contribution in [2.45, 2.75) is 13.3 Å². The molecule has 0 spiro atoms. The van der Waals surface area contributed by atoms with E-state index in [0.717, 1.165) is 23.4 Å². The quantitative estimate of drug-likeness (QED) is 0.449. The topological polar surface area (TPSA) is 59.6 Å². The smallest absolute Gasteiger partial charge is 0.193 e. The molecule has 0 radical (unpaired) electrons. The average Bonchev–Trinajstić information content (AvgIpc) is 2.50. The Morgan fingerprint density at radius 3 is 2.59 bits per heavy atom. The first-order chi connectivity index (χ1) is 10.2. The Balaban J connectivity index is 0.00000242. The van der Waals surface area contributed by atoms with Crippen LogP contribution < -0.4 is 15.8 Å². The van der Waals surface area contributed by atoms with Crippen LogP contribution in [0.25, 0.3) is 0 Å². The third-order valence-corrected chi connectivity index (χ3v) is 3.20. The van der Waals surface area contributed by atoms with E-state index in [-0.39, 0.29) is 24.0 Å². The molecule has 0 saturated heterocycles. The molecule has 4 nitrogen and oxygen atoms in total. The zero-order valence-electron chi connectivity index (χ0n) is 12.9.